The molecule has 0 aliphatic heterocycles. The van der Waals surface area contributed by atoms with E-state index in [1.807, 2.05) is 30.3 Å². The first-order chi connectivity index (χ1) is 10.5. The molecule has 0 atom stereocenters. The number of nitrogens with zero attached hydrogens (tertiary/aromatic N) is 1. The molecule has 22 heavy (non-hydrogen) atoms. The number of fused-ring (bicyclic) bond motifs is 1. The highest BCUT2D eigenvalue weighted by Gasteiger charge is 2.20. The molecule has 6 heteroatoms. The molecular formula is C16H11NO5. The monoisotopic (exact) mass is 297 g/mol. The zero-order valence-electron chi connectivity index (χ0n) is 11.6. The number of ether oxygens (including phenoxy) is 1. The van der Waals surface area contributed by atoms with E-state index in [0.29, 0.717) is 16.7 Å². The Labute approximate surface area is 125 Å². The molecule has 0 saturated carbocycles. The third-order valence-corrected chi connectivity index (χ3v) is 3.11. The molecule has 0 radical (unpaired) electrons. The lowest BCUT2D eigenvalue weighted by molar-refractivity contribution is -0.385. The van der Waals surface area contributed by atoms with Gasteiger partial charge in [-0.2, -0.15) is 0 Å². The van der Waals surface area contributed by atoms with Crippen molar-refractivity contribution in [3.63, 3.8) is 0 Å². The van der Waals surface area contributed by atoms with Crippen LogP contribution in [0.2, 0.25) is 0 Å². The number of hydrogen-bond donors (Lipinski definition) is 0. The smallest absolute Gasteiger partial charge is 0.315 e. The second-order valence-electron chi connectivity index (χ2n) is 4.69. The molecule has 0 spiro atoms. The number of hydrogen-bond acceptors (Lipinski definition) is 5. The number of carbonyl (C=O) groups excluding carboxylic acids is 1. The second kappa shape index (κ2) is 5.33. The quantitative estimate of drug-likeness (QED) is 0.316. The highest BCUT2D eigenvalue weighted by atomic mass is 16.6. The van der Waals surface area contributed by atoms with E-state index in [0.717, 1.165) is 5.56 Å². The van der Waals surface area contributed by atoms with Crippen molar-refractivity contribution in [2.45, 2.75) is 6.92 Å². The van der Waals surface area contributed by atoms with Gasteiger partial charge in [0.25, 0.3) is 0 Å². The average Bonchev–Trinajstić information content (AvgIpc) is 2.89. The average molecular weight is 297 g/mol. The van der Waals surface area contributed by atoms with Crippen molar-refractivity contribution >= 4 is 22.6 Å². The Morgan fingerprint density at radius 3 is 2.55 bits per heavy atom. The van der Waals surface area contributed by atoms with Crippen molar-refractivity contribution in [2.24, 2.45) is 0 Å². The number of furan rings is 1. The van der Waals surface area contributed by atoms with E-state index < -0.39 is 10.9 Å². The van der Waals surface area contributed by atoms with E-state index in [1.165, 1.54) is 19.1 Å². The molecule has 0 unspecified atom stereocenters. The van der Waals surface area contributed by atoms with Crippen LogP contribution in [0, 0.1) is 10.1 Å². The van der Waals surface area contributed by atoms with Gasteiger partial charge in [-0.15, -0.1) is 0 Å². The molecule has 3 rings (SSSR count). The molecular weight excluding hydrogens is 286 g/mol. The first-order valence-electron chi connectivity index (χ1n) is 6.50. The van der Waals surface area contributed by atoms with Crippen LogP contribution in [0.15, 0.2) is 52.9 Å². The van der Waals surface area contributed by atoms with Crippen molar-refractivity contribution < 1.29 is 18.9 Å². The first kappa shape index (κ1) is 13.8. The Morgan fingerprint density at radius 1 is 1.18 bits per heavy atom. The molecule has 0 fully saturated rings. The molecule has 0 saturated heterocycles. The molecule has 0 N–H and O–H groups in total. The summed E-state index contributed by atoms with van der Waals surface area (Å²) in [6, 6.07) is 13.8. The van der Waals surface area contributed by atoms with Crippen molar-refractivity contribution in [1.82, 2.24) is 0 Å². The van der Waals surface area contributed by atoms with E-state index >= 15 is 0 Å². The third-order valence-electron chi connectivity index (χ3n) is 3.11. The maximum atomic E-state index is 11.1. The Balaban J connectivity index is 2.16. The minimum absolute atomic E-state index is 0.0922. The molecule has 0 amide bonds. The summed E-state index contributed by atoms with van der Waals surface area (Å²) in [7, 11) is 0. The maximum Gasteiger partial charge on any atom is 0.315 e. The van der Waals surface area contributed by atoms with Gasteiger partial charge in [-0.3, -0.25) is 14.9 Å². The van der Waals surface area contributed by atoms with Crippen LogP contribution in [0.25, 0.3) is 22.3 Å². The van der Waals surface area contributed by atoms with Crippen molar-refractivity contribution in [2.75, 3.05) is 0 Å². The van der Waals surface area contributed by atoms with Gasteiger partial charge in [0.15, 0.2) is 0 Å². The molecule has 0 aliphatic carbocycles. The summed E-state index contributed by atoms with van der Waals surface area (Å²) >= 11 is 0. The van der Waals surface area contributed by atoms with Gasteiger partial charge in [0.1, 0.15) is 11.3 Å². The van der Waals surface area contributed by atoms with E-state index in [4.69, 9.17) is 9.15 Å². The summed E-state index contributed by atoms with van der Waals surface area (Å²) in [6.07, 6.45) is 0. The van der Waals surface area contributed by atoms with Crippen molar-refractivity contribution in [3.8, 4) is 17.1 Å². The van der Waals surface area contributed by atoms with Crippen LogP contribution in [0.1, 0.15) is 6.92 Å². The highest BCUT2D eigenvalue weighted by molar-refractivity contribution is 5.88. The van der Waals surface area contributed by atoms with Crippen LogP contribution < -0.4 is 4.74 Å². The third kappa shape index (κ3) is 2.54. The molecule has 0 bridgehead atoms. The number of rotatable bonds is 3. The van der Waals surface area contributed by atoms with Gasteiger partial charge < -0.3 is 9.15 Å². The van der Waals surface area contributed by atoms with Gasteiger partial charge in [0, 0.05) is 17.9 Å². The lowest BCUT2D eigenvalue weighted by Crippen LogP contribution is -2.03. The van der Waals surface area contributed by atoms with Gasteiger partial charge in [0.05, 0.1) is 11.0 Å². The number of esters is 1. The number of nitro benzene ring substituents is 1. The zero-order valence-corrected chi connectivity index (χ0v) is 11.6. The van der Waals surface area contributed by atoms with Crippen LogP contribution in [-0.2, 0) is 4.79 Å². The minimum atomic E-state index is -0.616. The molecule has 3 aromatic rings. The van der Waals surface area contributed by atoms with Crippen molar-refractivity contribution in [1.29, 1.82) is 0 Å². The second-order valence-corrected chi connectivity index (χ2v) is 4.69. The van der Waals surface area contributed by atoms with Crippen LogP contribution in [0.4, 0.5) is 5.69 Å². The SMILES string of the molecule is CC(=O)Oc1cc2cc(-c3ccccc3)oc2cc1[N+](=O)[O-]. The molecule has 110 valence electrons. The van der Waals surface area contributed by atoms with Gasteiger partial charge in [-0.1, -0.05) is 30.3 Å². The lowest BCUT2D eigenvalue weighted by atomic mass is 10.1. The lowest BCUT2D eigenvalue weighted by Gasteiger charge is -2.01. The van der Waals surface area contributed by atoms with E-state index in [2.05, 4.69) is 0 Å². The molecule has 1 aromatic heterocycles. The summed E-state index contributed by atoms with van der Waals surface area (Å²) in [4.78, 5) is 21.6. The number of nitro groups is 1. The fourth-order valence-electron chi connectivity index (χ4n) is 2.18. The maximum absolute atomic E-state index is 11.1. The molecule has 1 heterocycles. The normalized spacial score (nSPS) is 10.6. The summed E-state index contributed by atoms with van der Waals surface area (Å²) in [6.45, 7) is 1.19. The van der Waals surface area contributed by atoms with E-state index in [1.54, 1.807) is 6.07 Å². The zero-order chi connectivity index (χ0) is 15.7. The summed E-state index contributed by atoms with van der Waals surface area (Å²) in [5, 5.41) is 11.7. The Hall–Kier alpha value is -3.15. The van der Waals surface area contributed by atoms with Gasteiger partial charge in [-0.25, -0.2) is 0 Å². The van der Waals surface area contributed by atoms with Crippen LogP contribution in [0.5, 0.6) is 5.75 Å². The first-order valence-corrected chi connectivity index (χ1v) is 6.50. The fraction of sp³-hybridized carbons (Fsp3) is 0.0625. The number of carbonyl (C=O) groups is 1. The van der Waals surface area contributed by atoms with Crippen molar-refractivity contribution in [3.05, 3.63) is 58.6 Å². The van der Waals surface area contributed by atoms with Crippen LogP contribution in [0.3, 0.4) is 0 Å². The van der Waals surface area contributed by atoms with Crippen LogP contribution in [-0.4, -0.2) is 10.9 Å². The van der Waals surface area contributed by atoms with Gasteiger partial charge in [-0.05, 0) is 12.1 Å². The number of benzene rings is 2. The van der Waals surface area contributed by atoms with E-state index in [-0.39, 0.29) is 11.4 Å². The Kier molecular flexibility index (Phi) is 3.34. The predicted molar refractivity (Wildman–Crippen MR) is 79.6 cm³/mol. The topological polar surface area (TPSA) is 82.6 Å². The summed E-state index contributed by atoms with van der Waals surface area (Å²) in [5.41, 5.74) is 0.911. The predicted octanol–water partition coefficient (Wildman–Crippen LogP) is 3.93. The van der Waals surface area contributed by atoms with Gasteiger partial charge in [0.2, 0.25) is 5.75 Å². The Morgan fingerprint density at radius 2 is 1.91 bits per heavy atom. The van der Waals surface area contributed by atoms with E-state index in [9.17, 15) is 14.9 Å². The minimum Gasteiger partial charge on any atom is -0.456 e. The Bertz CT molecular complexity index is 867. The molecule has 2 aromatic carbocycles. The standard InChI is InChI=1S/C16H11NO5/c1-10(18)21-16-8-12-7-14(11-5-3-2-4-6-11)22-15(12)9-13(16)17(19)20/h2-9H,1H3. The molecule has 6 nitrogen and oxygen atoms in total. The fourth-order valence-corrected chi connectivity index (χ4v) is 2.18. The van der Waals surface area contributed by atoms with Gasteiger partial charge >= 0.3 is 11.7 Å². The summed E-state index contributed by atoms with van der Waals surface area (Å²) in [5.74, 6) is -0.121. The molecule has 0 aliphatic rings. The van der Waals surface area contributed by atoms with Crippen LogP contribution >= 0.6 is 0 Å². The highest BCUT2D eigenvalue weighted by Crippen LogP contribution is 2.36. The summed E-state index contributed by atoms with van der Waals surface area (Å²) < 4.78 is 10.6. The largest absolute Gasteiger partial charge is 0.456 e.